The fourth-order valence-corrected chi connectivity index (χ4v) is 4.62. The molecule has 1 aromatic rings. The Labute approximate surface area is 218 Å². The summed E-state index contributed by atoms with van der Waals surface area (Å²) in [6.07, 6.45) is 11.2. The maximum atomic E-state index is 13.5. The van der Waals surface area contributed by atoms with Gasteiger partial charge in [-0.25, -0.2) is 0 Å². The third kappa shape index (κ3) is 9.09. The Morgan fingerprint density at radius 2 is 1.89 bits per heavy atom. The van der Waals surface area contributed by atoms with Crippen molar-refractivity contribution in [1.82, 2.24) is 20.0 Å². The van der Waals surface area contributed by atoms with Crippen molar-refractivity contribution < 1.29 is 14.3 Å². The Balaban J connectivity index is 1.67. The van der Waals surface area contributed by atoms with E-state index in [-0.39, 0.29) is 11.8 Å². The van der Waals surface area contributed by atoms with Crippen molar-refractivity contribution in [1.29, 1.82) is 0 Å². The van der Waals surface area contributed by atoms with Crippen molar-refractivity contribution in [3.05, 3.63) is 58.7 Å². The normalized spacial score (nSPS) is 16.8. The quantitative estimate of drug-likeness (QED) is 0.408. The molecule has 1 saturated heterocycles. The molecular weight excluding hydrogens is 508 g/mol. The van der Waals surface area contributed by atoms with E-state index >= 15 is 0 Å². The van der Waals surface area contributed by atoms with Crippen LogP contribution in [0.15, 0.2) is 53.2 Å². The Kier molecular flexibility index (Phi) is 11.8. The van der Waals surface area contributed by atoms with Gasteiger partial charge in [0.25, 0.3) is 0 Å². The summed E-state index contributed by atoms with van der Waals surface area (Å²) in [4.78, 5) is 33.3. The van der Waals surface area contributed by atoms with Crippen LogP contribution in [0, 0.1) is 0 Å². The summed E-state index contributed by atoms with van der Waals surface area (Å²) in [5.74, 6) is -0.0830. The van der Waals surface area contributed by atoms with E-state index in [1.807, 2.05) is 36.4 Å². The van der Waals surface area contributed by atoms with Crippen molar-refractivity contribution in [3.63, 3.8) is 0 Å². The molecular formula is C27H39BrN4O3. The maximum absolute atomic E-state index is 13.5. The summed E-state index contributed by atoms with van der Waals surface area (Å²) in [7, 11) is 0. The van der Waals surface area contributed by atoms with Crippen molar-refractivity contribution in [2.45, 2.75) is 38.6 Å². The first-order valence-corrected chi connectivity index (χ1v) is 13.6. The molecule has 0 bridgehead atoms. The predicted octanol–water partition coefficient (Wildman–Crippen LogP) is 3.73. The van der Waals surface area contributed by atoms with Crippen molar-refractivity contribution in [2.24, 2.45) is 0 Å². The number of morpholine rings is 1. The summed E-state index contributed by atoms with van der Waals surface area (Å²) < 4.78 is 6.36. The van der Waals surface area contributed by atoms with Gasteiger partial charge in [-0.1, -0.05) is 53.6 Å². The molecule has 1 fully saturated rings. The summed E-state index contributed by atoms with van der Waals surface area (Å²) >= 11 is 3.49. The van der Waals surface area contributed by atoms with E-state index in [0.717, 1.165) is 75.2 Å². The minimum atomic E-state index is -0.635. The minimum absolute atomic E-state index is 0.0335. The topological polar surface area (TPSA) is 65.1 Å². The fourth-order valence-electron chi connectivity index (χ4n) is 4.35. The SMILES string of the molecule is CCCCN(C(=O)CCCN1C=CC=CC1)C(C(=O)NCCN1CCOCC1)c1ccc(Br)cc1. The average molecular weight is 548 g/mol. The van der Waals surface area contributed by atoms with E-state index in [1.165, 1.54) is 0 Å². The van der Waals surface area contributed by atoms with Gasteiger partial charge in [0.1, 0.15) is 6.04 Å². The second kappa shape index (κ2) is 15.1. The Morgan fingerprint density at radius 3 is 2.57 bits per heavy atom. The second-order valence-corrected chi connectivity index (χ2v) is 9.92. The molecule has 0 aromatic heterocycles. The molecule has 1 unspecified atom stereocenters. The summed E-state index contributed by atoms with van der Waals surface area (Å²) in [6, 6.07) is 7.11. The Hall–Kier alpha value is -2.16. The lowest BCUT2D eigenvalue weighted by Crippen LogP contribution is -2.46. The van der Waals surface area contributed by atoms with Gasteiger partial charge in [0.2, 0.25) is 11.8 Å². The molecule has 192 valence electrons. The van der Waals surface area contributed by atoms with Gasteiger partial charge < -0.3 is 19.9 Å². The number of carbonyl (C=O) groups excluding carboxylic acids is 2. The molecule has 8 heteroatoms. The van der Waals surface area contributed by atoms with Gasteiger partial charge in [-0.2, -0.15) is 0 Å². The lowest BCUT2D eigenvalue weighted by molar-refractivity contribution is -0.141. The number of nitrogens with zero attached hydrogens (tertiary/aromatic N) is 3. The molecule has 2 heterocycles. The first kappa shape index (κ1) is 27.4. The van der Waals surface area contributed by atoms with Crippen LogP contribution < -0.4 is 5.32 Å². The van der Waals surface area contributed by atoms with E-state index < -0.39 is 6.04 Å². The lowest BCUT2D eigenvalue weighted by Gasteiger charge is -2.32. The molecule has 7 nitrogen and oxygen atoms in total. The summed E-state index contributed by atoms with van der Waals surface area (Å²) in [6.45, 7) is 8.94. The number of benzene rings is 1. The average Bonchev–Trinajstić information content (AvgIpc) is 2.88. The molecule has 3 rings (SSSR count). The zero-order valence-corrected chi connectivity index (χ0v) is 22.4. The smallest absolute Gasteiger partial charge is 0.247 e. The van der Waals surface area contributed by atoms with Crippen molar-refractivity contribution >= 4 is 27.7 Å². The third-order valence-electron chi connectivity index (χ3n) is 6.37. The highest BCUT2D eigenvalue weighted by molar-refractivity contribution is 9.10. The van der Waals surface area contributed by atoms with Gasteiger partial charge in [0.15, 0.2) is 0 Å². The molecule has 1 aromatic carbocycles. The van der Waals surface area contributed by atoms with Crippen LogP contribution in [0.2, 0.25) is 0 Å². The van der Waals surface area contributed by atoms with Crippen LogP contribution in [0.25, 0.3) is 0 Å². The number of amides is 2. The van der Waals surface area contributed by atoms with Gasteiger partial charge in [-0.15, -0.1) is 0 Å². The second-order valence-electron chi connectivity index (χ2n) is 9.01. The number of unbranched alkanes of at least 4 members (excludes halogenated alkanes) is 1. The number of halogens is 1. The zero-order chi connectivity index (χ0) is 24.9. The third-order valence-corrected chi connectivity index (χ3v) is 6.90. The standard InChI is InChI=1S/C27H39BrN4O3/c1-2-3-17-32(25(33)8-7-16-30-14-5-4-6-15-30)26(23-9-11-24(28)12-10-23)27(34)29-13-18-31-19-21-35-22-20-31/h4-6,9-12,14,26H,2-3,7-8,13,15-22H2,1H3,(H,29,34). The van der Waals surface area contributed by atoms with Crippen molar-refractivity contribution in [3.8, 4) is 0 Å². The molecule has 0 saturated carbocycles. The van der Waals surface area contributed by atoms with Crippen LogP contribution >= 0.6 is 15.9 Å². The number of hydrogen-bond donors (Lipinski definition) is 1. The Bertz CT molecular complexity index is 852. The van der Waals surface area contributed by atoms with Crippen LogP contribution in [-0.4, -0.2) is 85.5 Å². The Morgan fingerprint density at radius 1 is 1.11 bits per heavy atom. The van der Waals surface area contributed by atoms with E-state index in [0.29, 0.717) is 19.5 Å². The highest BCUT2D eigenvalue weighted by atomic mass is 79.9. The van der Waals surface area contributed by atoms with Gasteiger partial charge in [-0.05, 0) is 42.8 Å². The predicted molar refractivity (Wildman–Crippen MR) is 143 cm³/mol. The van der Waals surface area contributed by atoms with Gasteiger partial charge >= 0.3 is 0 Å². The van der Waals surface area contributed by atoms with Crippen LogP contribution in [0.4, 0.5) is 0 Å². The highest BCUT2D eigenvalue weighted by Crippen LogP contribution is 2.25. The molecule has 2 aliphatic rings. The molecule has 1 atom stereocenters. The van der Waals surface area contributed by atoms with Crippen LogP contribution in [0.5, 0.6) is 0 Å². The van der Waals surface area contributed by atoms with E-state index in [2.05, 4.69) is 50.2 Å². The number of nitrogens with one attached hydrogen (secondary N) is 1. The van der Waals surface area contributed by atoms with Gasteiger partial charge in [-0.3, -0.25) is 14.5 Å². The van der Waals surface area contributed by atoms with E-state index in [9.17, 15) is 9.59 Å². The van der Waals surface area contributed by atoms with Gasteiger partial charge in [0.05, 0.1) is 13.2 Å². The van der Waals surface area contributed by atoms with Crippen molar-refractivity contribution in [2.75, 3.05) is 59.0 Å². The number of allylic oxidation sites excluding steroid dienone is 2. The molecule has 0 radical (unpaired) electrons. The molecule has 2 aliphatic heterocycles. The highest BCUT2D eigenvalue weighted by Gasteiger charge is 2.31. The first-order valence-electron chi connectivity index (χ1n) is 12.8. The largest absolute Gasteiger partial charge is 0.379 e. The van der Waals surface area contributed by atoms with E-state index in [1.54, 1.807) is 4.90 Å². The molecule has 1 N–H and O–H groups in total. The number of carbonyl (C=O) groups is 2. The molecule has 2 amide bonds. The summed E-state index contributed by atoms with van der Waals surface area (Å²) in [5.41, 5.74) is 0.839. The number of hydrogen-bond acceptors (Lipinski definition) is 5. The monoisotopic (exact) mass is 546 g/mol. The fraction of sp³-hybridized carbons (Fsp3) is 0.556. The molecule has 35 heavy (non-hydrogen) atoms. The van der Waals surface area contributed by atoms with Crippen LogP contribution in [0.3, 0.4) is 0 Å². The van der Waals surface area contributed by atoms with Crippen LogP contribution in [0.1, 0.15) is 44.2 Å². The lowest BCUT2D eigenvalue weighted by atomic mass is 10.0. The minimum Gasteiger partial charge on any atom is -0.379 e. The maximum Gasteiger partial charge on any atom is 0.247 e. The first-order chi connectivity index (χ1) is 17.1. The molecule has 0 spiro atoms. The van der Waals surface area contributed by atoms with Gasteiger partial charge in [0, 0.05) is 56.7 Å². The van der Waals surface area contributed by atoms with Crippen LogP contribution in [-0.2, 0) is 14.3 Å². The molecule has 0 aliphatic carbocycles. The number of ether oxygens (including phenoxy) is 1. The zero-order valence-electron chi connectivity index (χ0n) is 20.8. The summed E-state index contributed by atoms with van der Waals surface area (Å²) in [5, 5.41) is 3.11. The van der Waals surface area contributed by atoms with E-state index in [4.69, 9.17) is 4.74 Å². The number of rotatable bonds is 13.